The van der Waals surface area contributed by atoms with Gasteiger partial charge in [0.2, 0.25) is 5.13 Å². The molecular weight excluding hydrogens is 254 g/mol. The summed E-state index contributed by atoms with van der Waals surface area (Å²) in [6, 6.07) is 0. The molecule has 5 heteroatoms. The molecule has 0 spiro atoms. The summed E-state index contributed by atoms with van der Waals surface area (Å²) >= 11 is 7.21. The monoisotopic (exact) mass is 273 g/mol. The molecule has 96 valence electrons. The largest absolute Gasteiger partial charge is 0.360 e. The van der Waals surface area contributed by atoms with Gasteiger partial charge in [-0.2, -0.15) is 4.37 Å². The Hall–Kier alpha value is -0.350. The normalized spacial score (nSPS) is 16.2. The van der Waals surface area contributed by atoms with Crippen molar-refractivity contribution in [2.24, 2.45) is 5.41 Å². The van der Waals surface area contributed by atoms with Crippen molar-refractivity contribution >= 4 is 28.3 Å². The zero-order valence-electron chi connectivity index (χ0n) is 10.5. The van der Waals surface area contributed by atoms with E-state index >= 15 is 0 Å². The van der Waals surface area contributed by atoms with Crippen LogP contribution < -0.4 is 5.32 Å². The first-order valence-electron chi connectivity index (χ1n) is 6.24. The van der Waals surface area contributed by atoms with Crippen molar-refractivity contribution in [3.05, 3.63) is 5.82 Å². The van der Waals surface area contributed by atoms with Crippen LogP contribution in [-0.4, -0.2) is 21.8 Å². The molecule has 0 radical (unpaired) electrons. The van der Waals surface area contributed by atoms with Crippen molar-refractivity contribution in [2.75, 3.05) is 17.7 Å². The standard InChI is InChI=1S/C12H20ClN3S/c1-12(2,6-3-7-13)8-14-11-15-10(16-17-11)9-4-5-9/h9H,3-8H2,1-2H3,(H,14,15,16). The minimum absolute atomic E-state index is 0.264. The van der Waals surface area contributed by atoms with Gasteiger partial charge < -0.3 is 5.32 Å². The van der Waals surface area contributed by atoms with Gasteiger partial charge in [-0.15, -0.1) is 11.6 Å². The molecule has 0 aliphatic heterocycles. The van der Waals surface area contributed by atoms with Crippen LogP contribution in [0.25, 0.3) is 0 Å². The van der Waals surface area contributed by atoms with Crippen LogP contribution in [0.15, 0.2) is 0 Å². The molecule has 17 heavy (non-hydrogen) atoms. The third-order valence-electron chi connectivity index (χ3n) is 3.09. The Morgan fingerprint density at radius 1 is 1.47 bits per heavy atom. The maximum Gasteiger partial charge on any atom is 0.202 e. The Morgan fingerprint density at radius 2 is 2.24 bits per heavy atom. The highest BCUT2D eigenvalue weighted by Crippen LogP contribution is 2.39. The van der Waals surface area contributed by atoms with Gasteiger partial charge in [-0.05, 0) is 31.1 Å². The number of hydrogen-bond acceptors (Lipinski definition) is 4. The molecule has 0 aromatic carbocycles. The zero-order chi connectivity index (χ0) is 12.3. The van der Waals surface area contributed by atoms with E-state index in [1.165, 1.54) is 24.4 Å². The van der Waals surface area contributed by atoms with Crippen molar-refractivity contribution in [2.45, 2.75) is 45.4 Å². The number of rotatable bonds is 7. The number of alkyl halides is 1. The summed E-state index contributed by atoms with van der Waals surface area (Å²) < 4.78 is 4.39. The summed E-state index contributed by atoms with van der Waals surface area (Å²) in [5.41, 5.74) is 0.264. The predicted octanol–water partition coefficient (Wildman–Crippen LogP) is 3.87. The number of nitrogens with zero attached hydrogens (tertiary/aromatic N) is 2. The highest BCUT2D eigenvalue weighted by Gasteiger charge is 2.28. The Kier molecular flexibility index (Phi) is 4.26. The van der Waals surface area contributed by atoms with Crippen LogP contribution in [0.3, 0.4) is 0 Å². The number of hydrogen-bond donors (Lipinski definition) is 1. The predicted molar refractivity (Wildman–Crippen MR) is 74.1 cm³/mol. The lowest BCUT2D eigenvalue weighted by atomic mass is 9.88. The van der Waals surface area contributed by atoms with Gasteiger partial charge in [0.05, 0.1) is 0 Å². The van der Waals surface area contributed by atoms with Crippen molar-refractivity contribution in [3.63, 3.8) is 0 Å². The lowest BCUT2D eigenvalue weighted by molar-refractivity contribution is 0.355. The SMILES string of the molecule is CC(C)(CCCCl)CNc1nc(C2CC2)ns1. The lowest BCUT2D eigenvalue weighted by Gasteiger charge is -2.24. The molecule has 1 fully saturated rings. The van der Waals surface area contributed by atoms with Crippen molar-refractivity contribution in [3.8, 4) is 0 Å². The van der Waals surface area contributed by atoms with E-state index in [0.717, 1.165) is 36.2 Å². The third-order valence-corrected chi connectivity index (χ3v) is 4.04. The van der Waals surface area contributed by atoms with Crippen LogP contribution >= 0.6 is 23.1 Å². The molecule has 1 heterocycles. The fourth-order valence-corrected chi connectivity index (χ4v) is 2.54. The number of anilines is 1. The minimum Gasteiger partial charge on any atom is -0.360 e. The number of aromatic nitrogens is 2. The minimum atomic E-state index is 0.264. The summed E-state index contributed by atoms with van der Waals surface area (Å²) in [5.74, 6) is 2.43. The molecule has 1 aromatic rings. The highest BCUT2D eigenvalue weighted by atomic mass is 35.5. The molecule has 1 saturated carbocycles. The number of nitrogens with one attached hydrogen (secondary N) is 1. The van der Waals surface area contributed by atoms with Crippen LogP contribution in [-0.2, 0) is 0 Å². The summed E-state index contributed by atoms with van der Waals surface area (Å²) in [6.45, 7) is 5.45. The molecule has 0 saturated heterocycles. The van der Waals surface area contributed by atoms with E-state index in [0.29, 0.717) is 5.92 Å². The van der Waals surface area contributed by atoms with Gasteiger partial charge in [-0.1, -0.05) is 13.8 Å². The van der Waals surface area contributed by atoms with Gasteiger partial charge in [0.25, 0.3) is 0 Å². The van der Waals surface area contributed by atoms with Gasteiger partial charge in [-0.25, -0.2) is 4.98 Å². The fraction of sp³-hybridized carbons (Fsp3) is 0.833. The van der Waals surface area contributed by atoms with E-state index in [2.05, 4.69) is 28.5 Å². The van der Waals surface area contributed by atoms with Crippen molar-refractivity contribution < 1.29 is 0 Å². The average molecular weight is 274 g/mol. The van der Waals surface area contributed by atoms with Crippen molar-refractivity contribution in [1.82, 2.24) is 9.36 Å². The van der Waals surface area contributed by atoms with E-state index in [-0.39, 0.29) is 5.41 Å². The Balaban J connectivity index is 1.79. The maximum absolute atomic E-state index is 5.73. The van der Waals surface area contributed by atoms with Gasteiger partial charge in [0.15, 0.2) is 0 Å². The van der Waals surface area contributed by atoms with Crippen LogP contribution in [0.1, 0.15) is 51.3 Å². The maximum atomic E-state index is 5.73. The van der Waals surface area contributed by atoms with Gasteiger partial charge >= 0.3 is 0 Å². The average Bonchev–Trinajstić information content (AvgIpc) is 3.04. The lowest BCUT2D eigenvalue weighted by Crippen LogP contribution is -2.23. The van der Waals surface area contributed by atoms with E-state index in [9.17, 15) is 0 Å². The Labute approximate surface area is 112 Å². The van der Waals surface area contributed by atoms with Gasteiger partial charge in [0.1, 0.15) is 5.82 Å². The molecule has 0 atom stereocenters. The topological polar surface area (TPSA) is 37.8 Å². The molecular formula is C12H20ClN3S. The molecule has 2 rings (SSSR count). The fourth-order valence-electron chi connectivity index (χ4n) is 1.76. The quantitative estimate of drug-likeness (QED) is 0.767. The van der Waals surface area contributed by atoms with Gasteiger partial charge in [0, 0.05) is 29.9 Å². The first-order valence-corrected chi connectivity index (χ1v) is 7.55. The van der Waals surface area contributed by atoms with E-state index < -0.39 is 0 Å². The molecule has 1 aliphatic carbocycles. The van der Waals surface area contributed by atoms with Crippen LogP contribution in [0.2, 0.25) is 0 Å². The summed E-state index contributed by atoms with van der Waals surface area (Å²) in [4.78, 5) is 4.53. The summed E-state index contributed by atoms with van der Waals surface area (Å²) in [5, 5.41) is 4.36. The third kappa shape index (κ3) is 4.11. The van der Waals surface area contributed by atoms with Crippen molar-refractivity contribution in [1.29, 1.82) is 0 Å². The molecule has 0 bridgehead atoms. The smallest absolute Gasteiger partial charge is 0.202 e. The second kappa shape index (κ2) is 5.53. The summed E-state index contributed by atoms with van der Waals surface area (Å²) in [6.07, 6.45) is 4.73. The van der Waals surface area contributed by atoms with Gasteiger partial charge in [-0.3, -0.25) is 0 Å². The molecule has 1 N–H and O–H groups in total. The van der Waals surface area contributed by atoms with Crippen LogP contribution in [0.5, 0.6) is 0 Å². The summed E-state index contributed by atoms with van der Waals surface area (Å²) in [7, 11) is 0. The molecule has 1 aliphatic rings. The molecule has 1 aromatic heterocycles. The Morgan fingerprint density at radius 3 is 2.88 bits per heavy atom. The second-order valence-corrected chi connectivity index (χ2v) is 6.67. The zero-order valence-corrected chi connectivity index (χ0v) is 12.1. The number of halogens is 1. The van der Waals surface area contributed by atoms with Crippen LogP contribution in [0, 0.1) is 5.41 Å². The molecule has 3 nitrogen and oxygen atoms in total. The highest BCUT2D eigenvalue weighted by molar-refractivity contribution is 7.09. The Bertz CT molecular complexity index is 360. The van der Waals surface area contributed by atoms with Crippen LogP contribution in [0.4, 0.5) is 5.13 Å². The first-order chi connectivity index (χ1) is 8.11. The molecule has 0 unspecified atom stereocenters. The van der Waals surface area contributed by atoms with E-state index in [1.807, 2.05) is 0 Å². The molecule has 0 amide bonds. The first kappa shape index (κ1) is 13.1. The second-order valence-electron chi connectivity index (χ2n) is 5.54. The van der Waals surface area contributed by atoms with E-state index in [4.69, 9.17) is 11.6 Å². The van der Waals surface area contributed by atoms with E-state index in [1.54, 1.807) is 0 Å².